The molecular weight excluding hydrogens is 322 g/mol. The second-order valence-corrected chi connectivity index (χ2v) is 4.81. The Bertz CT molecular complexity index is 671. The average molecular weight is 340 g/mol. The van der Waals surface area contributed by atoms with Crippen molar-refractivity contribution >= 4 is 24.0 Å². The molecule has 0 aliphatic rings. The van der Waals surface area contributed by atoms with Gasteiger partial charge in [0.1, 0.15) is 6.04 Å². The van der Waals surface area contributed by atoms with E-state index in [1.54, 1.807) is 43.3 Å². The summed E-state index contributed by atoms with van der Waals surface area (Å²) in [5, 5.41) is 20.4. The number of nitro benzene ring substituents is 1. The van der Waals surface area contributed by atoms with E-state index in [0.717, 1.165) is 11.1 Å². The maximum absolute atomic E-state index is 12.2. The van der Waals surface area contributed by atoms with Crippen LogP contribution < -0.4 is 10.6 Å². The van der Waals surface area contributed by atoms with Crippen LogP contribution in [0.15, 0.2) is 36.7 Å². The molecule has 1 aromatic heterocycles. The first-order chi connectivity index (χ1) is 10.5. The number of non-ortho nitro benzene ring substituents is 1. The van der Waals surface area contributed by atoms with Crippen molar-refractivity contribution in [2.75, 3.05) is 7.05 Å². The lowest BCUT2D eigenvalue weighted by Crippen LogP contribution is -2.35. The first-order valence-electron chi connectivity index (χ1n) is 6.68. The van der Waals surface area contributed by atoms with Crippen molar-refractivity contribution < 1.29 is 9.72 Å². The average Bonchev–Trinajstić information content (AvgIpc) is 2.92. The molecule has 1 amide bonds. The lowest BCUT2D eigenvalue weighted by atomic mass is 10.1. The second kappa shape index (κ2) is 8.25. The third-order valence-corrected chi connectivity index (χ3v) is 3.22. The van der Waals surface area contributed by atoms with E-state index in [9.17, 15) is 14.9 Å². The number of nitrogens with zero attached hydrogens (tertiary/aromatic N) is 3. The largest absolute Gasteiger partial charge is 0.350 e. The molecule has 2 aromatic rings. The Morgan fingerprint density at radius 1 is 1.39 bits per heavy atom. The van der Waals surface area contributed by atoms with Crippen LogP contribution in [-0.4, -0.2) is 27.7 Å². The van der Waals surface area contributed by atoms with E-state index in [1.165, 1.54) is 12.1 Å². The predicted octanol–water partition coefficient (Wildman–Crippen LogP) is 1.33. The lowest BCUT2D eigenvalue weighted by Gasteiger charge is -2.14. The van der Waals surface area contributed by atoms with Crippen LogP contribution in [0.2, 0.25) is 0 Å². The highest BCUT2D eigenvalue weighted by atomic mass is 35.5. The van der Waals surface area contributed by atoms with Crippen molar-refractivity contribution in [3.05, 3.63) is 57.9 Å². The number of rotatable bonds is 6. The number of hydrogen-bond donors (Lipinski definition) is 2. The highest BCUT2D eigenvalue weighted by Gasteiger charge is 2.19. The fourth-order valence-electron chi connectivity index (χ4n) is 2.07. The zero-order valence-electron chi connectivity index (χ0n) is 12.7. The van der Waals surface area contributed by atoms with Gasteiger partial charge in [-0.2, -0.15) is 5.10 Å². The summed E-state index contributed by atoms with van der Waals surface area (Å²) in [5.41, 5.74) is 1.59. The topological polar surface area (TPSA) is 102 Å². The fraction of sp³-hybridized carbons (Fsp3) is 0.286. The molecule has 2 N–H and O–H groups in total. The molecule has 0 saturated carbocycles. The van der Waals surface area contributed by atoms with Crippen molar-refractivity contribution in [3.8, 4) is 0 Å². The Morgan fingerprint density at radius 3 is 2.52 bits per heavy atom. The summed E-state index contributed by atoms with van der Waals surface area (Å²) in [6.45, 7) is 0.301. The molecule has 1 heterocycles. The molecule has 23 heavy (non-hydrogen) atoms. The summed E-state index contributed by atoms with van der Waals surface area (Å²) < 4.78 is 1.63. The van der Waals surface area contributed by atoms with Gasteiger partial charge < -0.3 is 10.6 Å². The normalized spacial score (nSPS) is 11.4. The number of aryl methyl sites for hydroxylation is 1. The molecule has 0 bridgehead atoms. The van der Waals surface area contributed by atoms with Crippen molar-refractivity contribution in [1.82, 2.24) is 20.4 Å². The number of nitro groups is 1. The smallest absolute Gasteiger partial charge is 0.269 e. The van der Waals surface area contributed by atoms with Gasteiger partial charge in [0.25, 0.3) is 5.69 Å². The van der Waals surface area contributed by atoms with Gasteiger partial charge in [0, 0.05) is 37.5 Å². The number of benzene rings is 1. The molecule has 9 heteroatoms. The number of carbonyl (C=O) groups is 1. The van der Waals surface area contributed by atoms with E-state index in [1.807, 2.05) is 0 Å². The molecule has 2 rings (SSSR count). The zero-order chi connectivity index (χ0) is 16.1. The van der Waals surface area contributed by atoms with Crippen molar-refractivity contribution in [3.63, 3.8) is 0 Å². The Balaban J connectivity index is 0.00000264. The summed E-state index contributed by atoms with van der Waals surface area (Å²) >= 11 is 0. The molecule has 0 saturated heterocycles. The molecule has 8 nitrogen and oxygen atoms in total. The molecule has 1 aromatic carbocycles. The van der Waals surface area contributed by atoms with Crippen LogP contribution in [0.25, 0.3) is 0 Å². The molecular formula is C14H18ClN5O3. The molecule has 1 atom stereocenters. The van der Waals surface area contributed by atoms with Gasteiger partial charge in [0.05, 0.1) is 11.1 Å². The van der Waals surface area contributed by atoms with E-state index in [-0.39, 0.29) is 24.0 Å². The van der Waals surface area contributed by atoms with Crippen LogP contribution in [0, 0.1) is 10.1 Å². The summed E-state index contributed by atoms with van der Waals surface area (Å²) in [4.78, 5) is 22.3. The van der Waals surface area contributed by atoms with Gasteiger partial charge in [-0.05, 0) is 12.6 Å². The number of likely N-dealkylation sites (N-methyl/N-ethyl adjacent to an activating group) is 1. The summed E-state index contributed by atoms with van der Waals surface area (Å²) in [6, 6.07) is 5.58. The maximum Gasteiger partial charge on any atom is 0.269 e. The summed E-state index contributed by atoms with van der Waals surface area (Å²) in [5.74, 6) is -0.186. The number of carbonyl (C=O) groups excluding carboxylic acids is 1. The molecule has 0 spiro atoms. The van der Waals surface area contributed by atoms with Crippen LogP contribution in [0.4, 0.5) is 5.69 Å². The van der Waals surface area contributed by atoms with Crippen molar-refractivity contribution in [2.45, 2.75) is 12.6 Å². The van der Waals surface area contributed by atoms with Crippen LogP contribution in [0.1, 0.15) is 17.2 Å². The van der Waals surface area contributed by atoms with E-state index < -0.39 is 11.0 Å². The highest BCUT2D eigenvalue weighted by molar-refractivity contribution is 5.85. The SMILES string of the molecule is CNC(C(=O)NCc1ccc([N+](=O)[O-])cc1)c1cnn(C)c1.Cl. The minimum absolute atomic E-state index is 0. The van der Waals surface area contributed by atoms with Gasteiger partial charge in [-0.15, -0.1) is 12.4 Å². The Morgan fingerprint density at radius 2 is 2.04 bits per heavy atom. The minimum atomic E-state index is -0.494. The van der Waals surface area contributed by atoms with Gasteiger partial charge in [-0.25, -0.2) is 0 Å². The van der Waals surface area contributed by atoms with E-state index in [0.29, 0.717) is 6.54 Å². The Labute approximate surface area is 139 Å². The number of amides is 1. The Hall–Kier alpha value is -2.45. The third-order valence-electron chi connectivity index (χ3n) is 3.22. The van der Waals surface area contributed by atoms with Gasteiger partial charge in [0.2, 0.25) is 5.91 Å². The fourth-order valence-corrected chi connectivity index (χ4v) is 2.07. The monoisotopic (exact) mass is 339 g/mol. The van der Waals surface area contributed by atoms with E-state index in [2.05, 4.69) is 15.7 Å². The number of halogens is 1. The second-order valence-electron chi connectivity index (χ2n) is 4.81. The van der Waals surface area contributed by atoms with Gasteiger partial charge in [-0.1, -0.05) is 12.1 Å². The summed E-state index contributed by atoms with van der Waals surface area (Å²) in [6.07, 6.45) is 3.40. The van der Waals surface area contributed by atoms with E-state index >= 15 is 0 Å². The number of nitrogens with one attached hydrogen (secondary N) is 2. The van der Waals surface area contributed by atoms with Crippen molar-refractivity contribution in [2.24, 2.45) is 7.05 Å². The Kier molecular flexibility index (Phi) is 6.67. The standard InChI is InChI=1S/C14H17N5O3.ClH/c1-15-13(11-8-17-18(2)9-11)14(20)16-7-10-3-5-12(6-4-10)19(21)22;/h3-6,8-9,13,15H,7H2,1-2H3,(H,16,20);1H. The predicted molar refractivity (Wildman–Crippen MR) is 87.2 cm³/mol. The molecule has 0 aliphatic carbocycles. The van der Waals surface area contributed by atoms with Gasteiger partial charge in [0.15, 0.2) is 0 Å². The highest BCUT2D eigenvalue weighted by Crippen LogP contribution is 2.13. The maximum atomic E-state index is 12.2. The van der Waals surface area contributed by atoms with Crippen LogP contribution in [0.5, 0.6) is 0 Å². The first-order valence-corrected chi connectivity index (χ1v) is 6.68. The van der Waals surface area contributed by atoms with Crippen LogP contribution in [0.3, 0.4) is 0 Å². The molecule has 0 radical (unpaired) electrons. The zero-order valence-corrected chi connectivity index (χ0v) is 13.5. The minimum Gasteiger partial charge on any atom is -0.350 e. The third kappa shape index (κ3) is 4.76. The number of hydrogen-bond acceptors (Lipinski definition) is 5. The molecule has 0 fully saturated rings. The van der Waals surface area contributed by atoms with Crippen LogP contribution in [-0.2, 0) is 18.4 Å². The van der Waals surface area contributed by atoms with Crippen molar-refractivity contribution in [1.29, 1.82) is 0 Å². The van der Waals surface area contributed by atoms with Gasteiger partial charge >= 0.3 is 0 Å². The van der Waals surface area contributed by atoms with Crippen LogP contribution >= 0.6 is 12.4 Å². The first kappa shape index (κ1) is 18.6. The molecule has 0 aliphatic heterocycles. The lowest BCUT2D eigenvalue weighted by molar-refractivity contribution is -0.384. The molecule has 124 valence electrons. The molecule has 1 unspecified atom stereocenters. The quantitative estimate of drug-likeness (QED) is 0.610. The van der Waals surface area contributed by atoms with Gasteiger partial charge in [-0.3, -0.25) is 19.6 Å². The van der Waals surface area contributed by atoms with E-state index in [4.69, 9.17) is 0 Å². The number of aromatic nitrogens is 2. The summed E-state index contributed by atoms with van der Waals surface area (Å²) in [7, 11) is 3.48.